The second-order valence-corrected chi connectivity index (χ2v) is 7.34. The van der Waals surface area contributed by atoms with E-state index in [0.29, 0.717) is 12.6 Å². The molecule has 7 heteroatoms. The molecule has 0 aliphatic carbocycles. The van der Waals surface area contributed by atoms with Gasteiger partial charge in [0.05, 0.1) is 5.56 Å². The Labute approximate surface area is 175 Å². The lowest BCUT2D eigenvalue weighted by atomic mass is 10.1. The molecule has 160 valence electrons. The van der Waals surface area contributed by atoms with Crippen LogP contribution < -0.4 is 5.32 Å². The molecule has 2 heterocycles. The minimum absolute atomic E-state index is 0.00250. The largest absolute Gasteiger partial charge is 0.417 e. The number of allylic oxidation sites excluding steroid dienone is 3. The lowest BCUT2D eigenvalue weighted by Gasteiger charge is -2.33. The number of hydrogen-bond donors (Lipinski definition) is 1. The molecular weight excluding hydrogens is 389 g/mol. The van der Waals surface area contributed by atoms with Crippen LogP contribution in [-0.4, -0.2) is 40.5 Å². The van der Waals surface area contributed by atoms with E-state index in [9.17, 15) is 13.2 Å². The normalized spacial score (nSPS) is 18.5. The van der Waals surface area contributed by atoms with Crippen molar-refractivity contribution in [1.29, 1.82) is 0 Å². The molecule has 1 atom stereocenters. The van der Waals surface area contributed by atoms with Gasteiger partial charge in [0.2, 0.25) is 0 Å². The summed E-state index contributed by atoms with van der Waals surface area (Å²) in [5.74, 6) is 0.0927. The van der Waals surface area contributed by atoms with Crippen LogP contribution in [0.15, 0.2) is 61.0 Å². The number of piperazine rings is 1. The molecule has 0 amide bonds. The minimum atomic E-state index is -4.44. The zero-order valence-electron chi connectivity index (χ0n) is 17.1. The zero-order chi connectivity index (χ0) is 21.4. The number of benzene rings is 1. The van der Waals surface area contributed by atoms with E-state index in [2.05, 4.69) is 51.4 Å². The molecular formula is C23H27F3N4. The number of nitrogens with zero attached hydrogens (tertiary/aromatic N) is 3. The fourth-order valence-corrected chi connectivity index (χ4v) is 3.49. The number of aromatic nitrogens is 2. The second kappa shape index (κ2) is 10.5. The summed E-state index contributed by atoms with van der Waals surface area (Å²) in [6.45, 7) is 5.51. The fourth-order valence-electron chi connectivity index (χ4n) is 3.49. The lowest BCUT2D eigenvalue weighted by molar-refractivity contribution is -0.137. The molecule has 1 aliphatic heterocycles. The number of rotatable bonds is 7. The lowest BCUT2D eigenvalue weighted by Crippen LogP contribution is -2.49. The molecule has 1 aromatic carbocycles. The summed E-state index contributed by atoms with van der Waals surface area (Å²) in [4.78, 5) is 10.7. The van der Waals surface area contributed by atoms with E-state index in [-0.39, 0.29) is 11.4 Å². The Morgan fingerprint density at radius 1 is 1.13 bits per heavy atom. The van der Waals surface area contributed by atoms with Crippen LogP contribution in [0.2, 0.25) is 0 Å². The van der Waals surface area contributed by atoms with Crippen molar-refractivity contribution >= 4 is 0 Å². The van der Waals surface area contributed by atoms with E-state index >= 15 is 0 Å². The molecule has 0 spiro atoms. The third-order valence-electron chi connectivity index (χ3n) is 4.96. The molecule has 2 aromatic rings. The van der Waals surface area contributed by atoms with Crippen LogP contribution >= 0.6 is 0 Å². The Bertz CT molecular complexity index is 859. The van der Waals surface area contributed by atoms with Crippen molar-refractivity contribution < 1.29 is 13.2 Å². The Balaban J connectivity index is 1.61. The quantitative estimate of drug-likeness (QED) is 0.656. The van der Waals surface area contributed by atoms with Crippen molar-refractivity contribution in [2.24, 2.45) is 0 Å². The highest BCUT2D eigenvalue weighted by Gasteiger charge is 2.34. The molecule has 3 rings (SSSR count). The highest BCUT2D eigenvalue weighted by molar-refractivity contribution is 5.60. The predicted molar refractivity (Wildman–Crippen MR) is 113 cm³/mol. The van der Waals surface area contributed by atoms with Crippen LogP contribution in [0.4, 0.5) is 13.2 Å². The van der Waals surface area contributed by atoms with Gasteiger partial charge in [-0.1, -0.05) is 49.4 Å². The van der Waals surface area contributed by atoms with Crippen LogP contribution in [0.3, 0.4) is 0 Å². The number of hydrogen-bond acceptors (Lipinski definition) is 4. The third kappa shape index (κ3) is 6.24. The van der Waals surface area contributed by atoms with Gasteiger partial charge in [-0.2, -0.15) is 13.2 Å². The minimum Gasteiger partial charge on any atom is -0.311 e. The van der Waals surface area contributed by atoms with Gasteiger partial charge in [-0.25, -0.2) is 9.97 Å². The van der Waals surface area contributed by atoms with Gasteiger partial charge < -0.3 is 5.32 Å². The molecule has 1 aliphatic rings. The Morgan fingerprint density at radius 2 is 1.87 bits per heavy atom. The van der Waals surface area contributed by atoms with Crippen molar-refractivity contribution in [3.8, 4) is 11.4 Å². The molecule has 1 saturated heterocycles. The van der Waals surface area contributed by atoms with Crippen molar-refractivity contribution in [2.45, 2.75) is 38.5 Å². The summed E-state index contributed by atoms with van der Waals surface area (Å²) < 4.78 is 39.7. The molecule has 1 N–H and O–H groups in total. The zero-order valence-corrected chi connectivity index (χ0v) is 17.1. The molecule has 1 aromatic heterocycles. The van der Waals surface area contributed by atoms with Gasteiger partial charge in [0.25, 0.3) is 0 Å². The summed E-state index contributed by atoms with van der Waals surface area (Å²) >= 11 is 0. The maximum Gasteiger partial charge on any atom is 0.417 e. The number of halogens is 3. The van der Waals surface area contributed by atoms with Crippen molar-refractivity contribution in [1.82, 2.24) is 20.2 Å². The molecule has 1 fully saturated rings. The predicted octanol–water partition coefficient (Wildman–Crippen LogP) is 4.85. The van der Waals surface area contributed by atoms with Crippen molar-refractivity contribution in [2.75, 3.05) is 19.6 Å². The van der Waals surface area contributed by atoms with Crippen LogP contribution in [0.5, 0.6) is 0 Å². The number of alkyl halides is 3. The third-order valence-corrected chi connectivity index (χ3v) is 4.96. The Morgan fingerprint density at radius 3 is 2.60 bits per heavy atom. The summed E-state index contributed by atoms with van der Waals surface area (Å²) in [5.41, 5.74) is 0.178. The van der Waals surface area contributed by atoms with E-state index < -0.39 is 11.7 Å². The molecule has 0 radical (unpaired) electrons. The highest BCUT2D eigenvalue weighted by atomic mass is 19.4. The molecule has 0 saturated carbocycles. The molecule has 0 bridgehead atoms. The van der Waals surface area contributed by atoms with E-state index in [0.717, 1.165) is 44.1 Å². The smallest absolute Gasteiger partial charge is 0.311 e. The van der Waals surface area contributed by atoms with Crippen LogP contribution in [-0.2, 0) is 12.7 Å². The van der Waals surface area contributed by atoms with Gasteiger partial charge in [-0.3, -0.25) is 4.90 Å². The average Bonchev–Trinajstić information content (AvgIpc) is 2.74. The molecule has 1 unspecified atom stereocenters. The first-order valence-corrected chi connectivity index (χ1v) is 10.2. The summed E-state index contributed by atoms with van der Waals surface area (Å²) in [7, 11) is 0. The average molecular weight is 416 g/mol. The van der Waals surface area contributed by atoms with Crippen molar-refractivity contribution in [3.63, 3.8) is 0 Å². The maximum atomic E-state index is 13.2. The van der Waals surface area contributed by atoms with Gasteiger partial charge in [0.1, 0.15) is 0 Å². The Hall–Kier alpha value is -2.51. The van der Waals surface area contributed by atoms with E-state index in [4.69, 9.17) is 0 Å². The van der Waals surface area contributed by atoms with E-state index in [1.54, 1.807) is 18.5 Å². The first-order chi connectivity index (χ1) is 14.5. The van der Waals surface area contributed by atoms with Gasteiger partial charge in [-0.05, 0) is 18.9 Å². The first kappa shape index (κ1) is 22.2. The van der Waals surface area contributed by atoms with Crippen molar-refractivity contribution in [3.05, 3.63) is 72.1 Å². The second-order valence-electron chi connectivity index (χ2n) is 7.34. The van der Waals surface area contributed by atoms with E-state index in [1.807, 2.05) is 0 Å². The summed E-state index contributed by atoms with van der Waals surface area (Å²) in [6, 6.07) is 5.78. The Kier molecular flexibility index (Phi) is 7.76. The van der Waals surface area contributed by atoms with Gasteiger partial charge >= 0.3 is 6.18 Å². The monoisotopic (exact) mass is 416 g/mol. The maximum absolute atomic E-state index is 13.2. The van der Waals surface area contributed by atoms with Gasteiger partial charge in [-0.15, -0.1) is 0 Å². The standard InChI is InChI=1S/C23H27F3N4/c1-2-3-4-5-6-9-19-17-30(13-12-27-19)16-18-14-28-22(29-15-18)20-10-7-8-11-21(20)23(24,25)26/h3-8,10-11,14-15,19,27H,2,9,12-13,16-17H2,1H3/b4-3-,6-5-. The van der Waals surface area contributed by atoms with Crippen LogP contribution in [0.25, 0.3) is 11.4 Å². The molecule has 30 heavy (non-hydrogen) atoms. The number of nitrogens with one attached hydrogen (secondary N) is 1. The van der Waals surface area contributed by atoms with Crippen LogP contribution in [0, 0.1) is 0 Å². The summed E-state index contributed by atoms with van der Waals surface area (Å²) in [5, 5.41) is 3.52. The SMILES string of the molecule is CC/C=C\C=C/CC1CN(Cc2cnc(-c3ccccc3C(F)(F)F)nc2)CCN1. The summed E-state index contributed by atoms with van der Waals surface area (Å²) in [6.07, 6.45) is 9.24. The van der Waals surface area contributed by atoms with Gasteiger partial charge in [0.15, 0.2) is 5.82 Å². The molecule has 4 nitrogen and oxygen atoms in total. The van der Waals surface area contributed by atoms with E-state index in [1.165, 1.54) is 12.1 Å². The topological polar surface area (TPSA) is 41.1 Å². The first-order valence-electron chi connectivity index (χ1n) is 10.2. The van der Waals surface area contributed by atoms with Crippen LogP contribution in [0.1, 0.15) is 30.9 Å². The fraction of sp³-hybridized carbons (Fsp3) is 0.391. The highest BCUT2D eigenvalue weighted by Crippen LogP contribution is 2.35. The van der Waals surface area contributed by atoms with Gasteiger partial charge in [0, 0.05) is 55.7 Å².